The molecule has 1 fully saturated rings. The first-order chi connectivity index (χ1) is 8.26. The molecule has 4 nitrogen and oxygen atoms in total. The van der Waals surface area contributed by atoms with E-state index in [0.717, 1.165) is 25.0 Å². The number of hydrogen-bond acceptors (Lipinski definition) is 4. The van der Waals surface area contributed by atoms with E-state index in [-0.39, 0.29) is 12.0 Å². The Bertz CT molecular complexity index is 369. The highest BCUT2D eigenvalue weighted by atomic mass is 16.5. The van der Waals surface area contributed by atoms with Crippen molar-refractivity contribution < 1.29 is 14.6 Å². The third-order valence-electron chi connectivity index (χ3n) is 3.38. The summed E-state index contributed by atoms with van der Waals surface area (Å²) in [4.78, 5) is 4.07. The maximum Gasteiger partial charge on any atom is 0.137 e. The lowest BCUT2D eigenvalue weighted by atomic mass is 9.89. The van der Waals surface area contributed by atoms with Crippen molar-refractivity contribution in [1.29, 1.82) is 0 Å². The number of aliphatic hydroxyl groups is 1. The van der Waals surface area contributed by atoms with Crippen molar-refractivity contribution in [2.45, 2.75) is 32.0 Å². The molecule has 0 radical (unpaired) electrons. The normalized spacial score (nSPS) is 25.8. The highest BCUT2D eigenvalue weighted by Gasteiger charge is 2.33. The van der Waals surface area contributed by atoms with Crippen molar-refractivity contribution in [2.75, 3.05) is 13.7 Å². The van der Waals surface area contributed by atoms with Gasteiger partial charge in [0.15, 0.2) is 0 Å². The van der Waals surface area contributed by atoms with Crippen molar-refractivity contribution in [1.82, 2.24) is 4.98 Å². The van der Waals surface area contributed by atoms with Crippen LogP contribution < -0.4 is 4.74 Å². The molecule has 1 saturated heterocycles. The molecule has 17 heavy (non-hydrogen) atoms. The van der Waals surface area contributed by atoms with E-state index < -0.39 is 6.10 Å². The van der Waals surface area contributed by atoms with Gasteiger partial charge in [0, 0.05) is 24.3 Å². The number of nitrogens with zero attached hydrogens (tertiary/aromatic N) is 1. The Kier molecular flexibility index (Phi) is 3.97. The Balaban J connectivity index is 2.15. The molecule has 1 aromatic rings. The molecule has 0 bridgehead atoms. The molecule has 4 heteroatoms. The van der Waals surface area contributed by atoms with Gasteiger partial charge in [0.1, 0.15) is 5.75 Å². The molecule has 1 aliphatic heterocycles. The van der Waals surface area contributed by atoms with Crippen LogP contribution in [0.15, 0.2) is 18.5 Å². The van der Waals surface area contributed by atoms with Gasteiger partial charge in [-0.3, -0.25) is 4.98 Å². The van der Waals surface area contributed by atoms with Crippen LogP contribution in [0.5, 0.6) is 5.75 Å². The predicted molar refractivity (Wildman–Crippen MR) is 63.9 cm³/mol. The van der Waals surface area contributed by atoms with Crippen molar-refractivity contribution in [2.24, 2.45) is 5.92 Å². The van der Waals surface area contributed by atoms with Crippen LogP contribution in [0, 0.1) is 5.92 Å². The van der Waals surface area contributed by atoms with Gasteiger partial charge in [0.05, 0.1) is 25.5 Å². The molecule has 94 valence electrons. The van der Waals surface area contributed by atoms with Gasteiger partial charge in [-0.05, 0) is 18.9 Å². The third kappa shape index (κ3) is 2.58. The van der Waals surface area contributed by atoms with E-state index in [9.17, 15) is 5.11 Å². The van der Waals surface area contributed by atoms with E-state index in [1.807, 2.05) is 6.07 Å². The number of pyridine rings is 1. The SMILES string of the molecule is CCC1OCCC1C(O)c1cncc(OC)c1. The average Bonchev–Trinajstić information content (AvgIpc) is 2.86. The predicted octanol–water partition coefficient (Wildman–Crippen LogP) is 1.94. The van der Waals surface area contributed by atoms with E-state index in [1.165, 1.54) is 0 Å². The summed E-state index contributed by atoms with van der Waals surface area (Å²) >= 11 is 0. The van der Waals surface area contributed by atoms with Crippen LogP contribution in [0.3, 0.4) is 0 Å². The molecule has 2 rings (SSSR count). The molecule has 0 amide bonds. The summed E-state index contributed by atoms with van der Waals surface area (Å²) in [5.41, 5.74) is 0.804. The zero-order chi connectivity index (χ0) is 12.3. The highest BCUT2D eigenvalue weighted by molar-refractivity contribution is 5.25. The summed E-state index contributed by atoms with van der Waals surface area (Å²) in [6.45, 7) is 2.82. The lowest BCUT2D eigenvalue weighted by Crippen LogP contribution is -2.22. The van der Waals surface area contributed by atoms with E-state index in [0.29, 0.717) is 5.75 Å². The van der Waals surface area contributed by atoms with Crippen molar-refractivity contribution in [3.05, 3.63) is 24.0 Å². The number of ether oxygens (including phenoxy) is 2. The Morgan fingerprint density at radius 3 is 3.12 bits per heavy atom. The van der Waals surface area contributed by atoms with E-state index in [4.69, 9.17) is 9.47 Å². The highest BCUT2D eigenvalue weighted by Crippen LogP contribution is 2.35. The third-order valence-corrected chi connectivity index (χ3v) is 3.38. The van der Waals surface area contributed by atoms with Crippen LogP contribution in [0.4, 0.5) is 0 Å². The fraction of sp³-hybridized carbons (Fsp3) is 0.615. The first-order valence-corrected chi connectivity index (χ1v) is 6.04. The molecule has 0 aliphatic carbocycles. The fourth-order valence-electron chi connectivity index (χ4n) is 2.40. The van der Waals surface area contributed by atoms with Crippen LogP contribution in [-0.2, 0) is 4.74 Å². The second-order valence-electron chi connectivity index (χ2n) is 4.37. The standard InChI is InChI=1S/C13H19NO3/c1-3-12-11(4-5-17-12)13(15)9-6-10(16-2)8-14-7-9/h6-8,11-13,15H,3-5H2,1-2H3. The Morgan fingerprint density at radius 1 is 1.59 bits per heavy atom. The molecular weight excluding hydrogens is 218 g/mol. The van der Waals surface area contributed by atoms with Gasteiger partial charge in [-0.15, -0.1) is 0 Å². The van der Waals surface area contributed by atoms with Crippen LogP contribution in [-0.4, -0.2) is 29.9 Å². The zero-order valence-corrected chi connectivity index (χ0v) is 10.3. The monoisotopic (exact) mass is 237 g/mol. The van der Waals surface area contributed by atoms with Crippen LogP contribution in [0.25, 0.3) is 0 Å². The molecule has 0 saturated carbocycles. The maximum absolute atomic E-state index is 10.4. The van der Waals surface area contributed by atoms with Gasteiger partial charge in [-0.1, -0.05) is 6.92 Å². The topological polar surface area (TPSA) is 51.6 Å². The van der Waals surface area contributed by atoms with Crippen LogP contribution in [0.2, 0.25) is 0 Å². The summed E-state index contributed by atoms with van der Waals surface area (Å²) < 4.78 is 10.7. The average molecular weight is 237 g/mol. The Hall–Kier alpha value is -1.13. The molecule has 3 atom stereocenters. The molecule has 0 aromatic carbocycles. The second-order valence-corrected chi connectivity index (χ2v) is 4.37. The molecule has 3 unspecified atom stereocenters. The quantitative estimate of drug-likeness (QED) is 0.869. The van der Waals surface area contributed by atoms with E-state index in [1.54, 1.807) is 19.5 Å². The van der Waals surface area contributed by atoms with E-state index >= 15 is 0 Å². The van der Waals surface area contributed by atoms with Crippen molar-refractivity contribution in [3.63, 3.8) is 0 Å². The molecule has 1 N–H and O–H groups in total. The summed E-state index contributed by atoms with van der Waals surface area (Å²) in [5.74, 6) is 0.836. The van der Waals surface area contributed by atoms with E-state index in [2.05, 4.69) is 11.9 Å². The summed E-state index contributed by atoms with van der Waals surface area (Å²) in [6.07, 6.45) is 4.79. The molecular formula is C13H19NO3. The first-order valence-electron chi connectivity index (χ1n) is 6.04. The number of aromatic nitrogens is 1. The summed E-state index contributed by atoms with van der Waals surface area (Å²) in [5, 5.41) is 10.4. The molecule has 1 aromatic heterocycles. The number of aliphatic hydroxyl groups excluding tert-OH is 1. The van der Waals surface area contributed by atoms with Gasteiger partial charge in [0.25, 0.3) is 0 Å². The van der Waals surface area contributed by atoms with Crippen molar-refractivity contribution in [3.8, 4) is 5.75 Å². The lowest BCUT2D eigenvalue weighted by Gasteiger charge is -2.22. The fourth-order valence-corrected chi connectivity index (χ4v) is 2.40. The minimum Gasteiger partial charge on any atom is -0.495 e. The Morgan fingerprint density at radius 2 is 2.41 bits per heavy atom. The van der Waals surface area contributed by atoms with Gasteiger partial charge < -0.3 is 14.6 Å². The molecule has 0 spiro atoms. The number of methoxy groups -OCH3 is 1. The Labute approximate surface area is 102 Å². The minimum atomic E-state index is -0.523. The smallest absolute Gasteiger partial charge is 0.137 e. The zero-order valence-electron chi connectivity index (χ0n) is 10.3. The van der Waals surface area contributed by atoms with Gasteiger partial charge in [-0.2, -0.15) is 0 Å². The second kappa shape index (κ2) is 5.47. The summed E-state index contributed by atoms with van der Waals surface area (Å²) in [6, 6.07) is 1.84. The van der Waals surface area contributed by atoms with Gasteiger partial charge >= 0.3 is 0 Å². The largest absolute Gasteiger partial charge is 0.495 e. The van der Waals surface area contributed by atoms with Crippen molar-refractivity contribution >= 4 is 0 Å². The minimum absolute atomic E-state index is 0.149. The lowest BCUT2D eigenvalue weighted by molar-refractivity contribution is 0.0305. The first kappa shape index (κ1) is 12.3. The number of rotatable bonds is 4. The maximum atomic E-state index is 10.4. The van der Waals surface area contributed by atoms with Gasteiger partial charge in [-0.25, -0.2) is 0 Å². The van der Waals surface area contributed by atoms with Crippen LogP contribution >= 0.6 is 0 Å². The van der Waals surface area contributed by atoms with Crippen LogP contribution in [0.1, 0.15) is 31.4 Å². The van der Waals surface area contributed by atoms with Gasteiger partial charge in [0.2, 0.25) is 0 Å². The summed E-state index contributed by atoms with van der Waals surface area (Å²) in [7, 11) is 1.60. The number of hydrogen-bond donors (Lipinski definition) is 1. The molecule has 2 heterocycles. The molecule has 1 aliphatic rings.